The molecule has 0 spiro atoms. The van der Waals surface area contributed by atoms with Gasteiger partial charge in [0.05, 0.1) is 0 Å². The first kappa shape index (κ1) is 11.9. The van der Waals surface area contributed by atoms with Gasteiger partial charge in [-0.1, -0.05) is 0 Å². The molecule has 0 saturated heterocycles. The highest BCUT2D eigenvalue weighted by atomic mass is 19.4. The molecule has 0 aliphatic rings. The molecule has 15 heavy (non-hydrogen) atoms. The lowest BCUT2D eigenvalue weighted by molar-refractivity contribution is -0.171. The summed E-state index contributed by atoms with van der Waals surface area (Å²) in [6.07, 6.45) is -9.81. The molecular formula is C8H6F6O. The van der Waals surface area contributed by atoms with Gasteiger partial charge in [-0.15, -0.1) is 0 Å². The molecule has 0 aliphatic heterocycles. The molecule has 0 aromatic carbocycles. The van der Waals surface area contributed by atoms with E-state index in [0.717, 1.165) is 13.8 Å². The number of hydrogen-bond acceptors (Lipinski definition) is 1. The Bertz CT molecular complexity index is 335. The second kappa shape index (κ2) is 3.18. The number of alkyl halides is 6. The highest BCUT2D eigenvalue weighted by Gasteiger charge is 2.44. The summed E-state index contributed by atoms with van der Waals surface area (Å²) in [6, 6.07) is 0. The standard InChI is InChI=1S/C8H6F6O/c1-3-4(2)6(8(12,13)14)15-5(3)7(9,10)11/h1-2H3. The molecule has 0 atom stereocenters. The van der Waals surface area contributed by atoms with Gasteiger partial charge in [0.25, 0.3) is 0 Å². The molecule has 86 valence electrons. The Labute approximate surface area is 80.7 Å². The maximum absolute atomic E-state index is 12.2. The summed E-state index contributed by atoms with van der Waals surface area (Å²) in [7, 11) is 0. The minimum atomic E-state index is -4.90. The van der Waals surface area contributed by atoms with Gasteiger partial charge in [0.1, 0.15) is 0 Å². The molecule has 0 aliphatic carbocycles. The summed E-state index contributed by atoms with van der Waals surface area (Å²) >= 11 is 0. The third kappa shape index (κ3) is 2.10. The molecule has 1 aromatic heterocycles. The van der Waals surface area contributed by atoms with E-state index in [1.807, 2.05) is 0 Å². The molecule has 0 bridgehead atoms. The maximum Gasteiger partial charge on any atom is 0.449 e. The Morgan fingerprint density at radius 2 is 1.00 bits per heavy atom. The van der Waals surface area contributed by atoms with Crippen molar-refractivity contribution < 1.29 is 30.8 Å². The van der Waals surface area contributed by atoms with E-state index in [2.05, 4.69) is 4.42 Å². The Morgan fingerprint density at radius 1 is 0.733 bits per heavy atom. The topological polar surface area (TPSA) is 13.1 Å². The lowest BCUT2D eigenvalue weighted by atomic mass is 10.1. The number of furan rings is 1. The molecule has 1 aromatic rings. The first-order chi connectivity index (χ1) is 6.55. The fraction of sp³-hybridized carbons (Fsp3) is 0.500. The zero-order valence-corrected chi connectivity index (χ0v) is 7.68. The fourth-order valence-electron chi connectivity index (χ4n) is 1.14. The zero-order chi connectivity index (χ0) is 12.0. The van der Waals surface area contributed by atoms with E-state index in [-0.39, 0.29) is 0 Å². The summed E-state index contributed by atoms with van der Waals surface area (Å²) < 4.78 is 76.8. The average molecular weight is 232 g/mol. The van der Waals surface area contributed by atoms with E-state index in [1.54, 1.807) is 0 Å². The van der Waals surface area contributed by atoms with Crippen molar-refractivity contribution in [2.24, 2.45) is 0 Å². The highest BCUT2D eigenvalue weighted by molar-refractivity contribution is 5.34. The van der Waals surface area contributed by atoms with Gasteiger partial charge in [0, 0.05) is 11.1 Å². The van der Waals surface area contributed by atoms with E-state index < -0.39 is 35.0 Å². The zero-order valence-electron chi connectivity index (χ0n) is 7.68. The fourth-order valence-corrected chi connectivity index (χ4v) is 1.14. The monoisotopic (exact) mass is 232 g/mol. The summed E-state index contributed by atoms with van der Waals surface area (Å²) in [5.74, 6) is -3.18. The third-order valence-corrected chi connectivity index (χ3v) is 1.96. The molecule has 7 heteroatoms. The van der Waals surface area contributed by atoms with Crippen LogP contribution in [-0.4, -0.2) is 0 Å². The number of rotatable bonds is 0. The second-order valence-corrected chi connectivity index (χ2v) is 3.01. The van der Waals surface area contributed by atoms with E-state index in [0.29, 0.717) is 0 Å². The van der Waals surface area contributed by atoms with Crippen LogP contribution in [0, 0.1) is 13.8 Å². The van der Waals surface area contributed by atoms with E-state index >= 15 is 0 Å². The summed E-state index contributed by atoms with van der Waals surface area (Å²) in [4.78, 5) is 0. The Kier molecular flexibility index (Phi) is 2.53. The molecule has 1 heterocycles. The normalized spacial score (nSPS) is 13.3. The molecule has 0 N–H and O–H groups in total. The SMILES string of the molecule is Cc1c(C(F)(F)F)oc(C(F)(F)F)c1C. The van der Waals surface area contributed by atoms with Gasteiger partial charge >= 0.3 is 12.4 Å². The van der Waals surface area contributed by atoms with Crippen molar-refractivity contribution in [2.45, 2.75) is 26.2 Å². The van der Waals surface area contributed by atoms with Gasteiger partial charge in [-0.3, -0.25) is 0 Å². The number of hydrogen-bond donors (Lipinski definition) is 0. The molecule has 1 nitrogen and oxygen atoms in total. The van der Waals surface area contributed by atoms with E-state index in [4.69, 9.17) is 0 Å². The molecule has 0 amide bonds. The molecular weight excluding hydrogens is 226 g/mol. The minimum Gasteiger partial charge on any atom is -0.446 e. The lowest BCUT2D eigenvalue weighted by Crippen LogP contribution is -2.06. The Morgan fingerprint density at radius 3 is 1.13 bits per heavy atom. The van der Waals surface area contributed by atoms with Crippen LogP contribution >= 0.6 is 0 Å². The van der Waals surface area contributed by atoms with E-state index in [9.17, 15) is 26.3 Å². The summed E-state index contributed by atoms with van der Waals surface area (Å²) in [5, 5.41) is 0. The van der Waals surface area contributed by atoms with Crippen molar-refractivity contribution in [3.63, 3.8) is 0 Å². The lowest BCUT2D eigenvalue weighted by Gasteiger charge is -2.04. The van der Waals surface area contributed by atoms with Crippen molar-refractivity contribution in [3.8, 4) is 0 Å². The largest absolute Gasteiger partial charge is 0.449 e. The van der Waals surface area contributed by atoms with Crippen LogP contribution in [0.15, 0.2) is 4.42 Å². The first-order valence-corrected chi connectivity index (χ1v) is 3.79. The third-order valence-electron chi connectivity index (χ3n) is 1.96. The van der Waals surface area contributed by atoms with Crippen molar-refractivity contribution in [3.05, 3.63) is 22.6 Å². The minimum absolute atomic E-state index is 0.533. The Hall–Kier alpha value is -1.14. The van der Waals surface area contributed by atoms with E-state index in [1.165, 1.54) is 0 Å². The van der Waals surface area contributed by atoms with Crippen LogP contribution in [0.4, 0.5) is 26.3 Å². The molecule has 0 radical (unpaired) electrons. The van der Waals surface area contributed by atoms with Crippen molar-refractivity contribution in [2.75, 3.05) is 0 Å². The van der Waals surface area contributed by atoms with Crippen LogP contribution in [0.1, 0.15) is 22.6 Å². The van der Waals surface area contributed by atoms with Gasteiger partial charge in [0.15, 0.2) is 0 Å². The summed E-state index contributed by atoms with van der Waals surface area (Å²) in [6.45, 7) is 1.88. The summed E-state index contributed by atoms with van der Waals surface area (Å²) in [5.41, 5.74) is -1.07. The van der Waals surface area contributed by atoms with Crippen molar-refractivity contribution in [1.82, 2.24) is 0 Å². The van der Waals surface area contributed by atoms with Crippen molar-refractivity contribution in [1.29, 1.82) is 0 Å². The molecule has 0 unspecified atom stereocenters. The van der Waals surface area contributed by atoms with Crippen LogP contribution < -0.4 is 0 Å². The van der Waals surface area contributed by atoms with Crippen molar-refractivity contribution >= 4 is 0 Å². The van der Waals surface area contributed by atoms with Gasteiger partial charge < -0.3 is 4.42 Å². The maximum atomic E-state index is 12.2. The highest BCUT2D eigenvalue weighted by Crippen LogP contribution is 2.41. The Balaban J connectivity index is 3.38. The molecule has 0 fully saturated rings. The number of halogens is 6. The van der Waals surface area contributed by atoms with Crippen LogP contribution in [0.3, 0.4) is 0 Å². The quantitative estimate of drug-likeness (QED) is 0.617. The van der Waals surface area contributed by atoms with Crippen LogP contribution in [0.25, 0.3) is 0 Å². The molecule has 1 rings (SSSR count). The van der Waals surface area contributed by atoms with Crippen LogP contribution in [0.2, 0.25) is 0 Å². The average Bonchev–Trinajstić information content (AvgIpc) is 2.26. The molecule has 0 saturated carbocycles. The van der Waals surface area contributed by atoms with Gasteiger partial charge in [-0.05, 0) is 13.8 Å². The van der Waals surface area contributed by atoms with Gasteiger partial charge in [0.2, 0.25) is 11.5 Å². The predicted octanol–water partition coefficient (Wildman–Crippen LogP) is 3.93. The second-order valence-electron chi connectivity index (χ2n) is 3.01. The van der Waals surface area contributed by atoms with Crippen LogP contribution in [-0.2, 0) is 12.4 Å². The smallest absolute Gasteiger partial charge is 0.446 e. The van der Waals surface area contributed by atoms with Gasteiger partial charge in [-0.2, -0.15) is 26.3 Å². The van der Waals surface area contributed by atoms with Gasteiger partial charge in [-0.25, -0.2) is 0 Å². The van der Waals surface area contributed by atoms with Crippen LogP contribution in [0.5, 0.6) is 0 Å². The first-order valence-electron chi connectivity index (χ1n) is 3.79. The predicted molar refractivity (Wildman–Crippen MR) is 38.2 cm³/mol.